The summed E-state index contributed by atoms with van der Waals surface area (Å²) in [7, 11) is 1.75. The van der Waals surface area contributed by atoms with E-state index < -0.39 is 0 Å². The summed E-state index contributed by atoms with van der Waals surface area (Å²) in [5, 5.41) is 3.48. The van der Waals surface area contributed by atoms with E-state index in [1.165, 1.54) is 32.4 Å². The van der Waals surface area contributed by atoms with Crippen molar-refractivity contribution in [3.05, 3.63) is 11.9 Å². The van der Waals surface area contributed by atoms with Gasteiger partial charge >= 0.3 is 0 Å². The predicted molar refractivity (Wildman–Crippen MR) is 80.2 cm³/mol. The zero-order chi connectivity index (χ0) is 13.9. The van der Waals surface area contributed by atoms with Crippen LogP contribution in [0.1, 0.15) is 37.4 Å². The molecule has 2 aliphatic rings. The molecular weight excluding hydrogens is 252 g/mol. The van der Waals surface area contributed by atoms with Crippen LogP contribution in [0.15, 0.2) is 6.20 Å². The molecule has 0 aliphatic carbocycles. The summed E-state index contributed by atoms with van der Waals surface area (Å²) in [6.45, 7) is 6.33. The van der Waals surface area contributed by atoms with E-state index in [0.29, 0.717) is 6.04 Å². The molecule has 20 heavy (non-hydrogen) atoms. The van der Waals surface area contributed by atoms with Crippen molar-refractivity contribution in [2.45, 2.75) is 44.7 Å². The quantitative estimate of drug-likeness (QED) is 0.809. The minimum absolute atomic E-state index is 0.601. The van der Waals surface area contributed by atoms with Crippen molar-refractivity contribution in [2.24, 2.45) is 0 Å². The number of aromatic nitrogens is 2. The molecule has 1 aromatic heterocycles. The molecule has 0 spiro atoms. The average Bonchev–Trinajstić information content (AvgIpc) is 3.09. The number of imidazole rings is 1. The van der Waals surface area contributed by atoms with Gasteiger partial charge in [0.1, 0.15) is 0 Å². The van der Waals surface area contributed by atoms with Crippen LogP contribution in [0.5, 0.6) is 0 Å². The molecule has 1 N–H and O–H groups in total. The average molecular weight is 278 g/mol. The Morgan fingerprint density at radius 3 is 3.10 bits per heavy atom. The summed E-state index contributed by atoms with van der Waals surface area (Å²) in [5.74, 6) is 1.04. The van der Waals surface area contributed by atoms with Gasteiger partial charge in [-0.25, -0.2) is 4.98 Å². The van der Waals surface area contributed by atoms with Crippen molar-refractivity contribution < 1.29 is 4.74 Å². The molecule has 0 amide bonds. The third kappa shape index (κ3) is 2.69. The summed E-state index contributed by atoms with van der Waals surface area (Å²) in [5.41, 5.74) is 1.11. The van der Waals surface area contributed by atoms with Gasteiger partial charge in [-0.3, -0.25) is 4.90 Å². The van der Waals surface area contributed by atoms with Crippen molar-refractivity contribution >= 4 is 5.95 Å². The van der Waals surface area contributed by atoms with Crippen LogP contribution in [0.3, 0.4) is 0 Å². The highest BCUT2D eigenvalue weighted by Gasteiger charge is 2.38. The Morgan fingerprint density at radius 1 is 1.35 bits per heavy atom. The van der Waals surface area contributed by atoms with Gasteiger partial charge in [0.25, 0.3) is 0 Å². The largest absolute Gasteiger partial charge is 0.385 e. The van der Waals surface area contributed by atoms with Gasteiger partial charge in [0.15, 0.2) is 0 Å². The molecule has 2 aliphatic heterocycles. The second kappa shape index (κ2) is 6.14. The Bertz CT molecular complexity index is 445. The number of ether oxygens (including phenoxy) is 1. The Hall–Kier alpha value is -1.07. The van der Waals surface area contributed by atoms with Crippen molar-refractivity contribution in [3.63, 3.8) is 0 Å². The maximum Gasteiger partial charge on any atom is 0.203 e. The molecule has 0 bridgehead atoms. The van der Waals surface area contributed by atoms with Crippen molar-refractivity contribution in [2.75, 3.05) is 38.7 Å². The van der Waals surface area contributed by atoms with Gasteiger partial charge in [-0.05, 0) is 39.2 Å². The van der Waals surface area contributed by atoms with E-state index in [2.05, 4.69) is 32.9 Å². The Balaban J connectivity index is 1.69. The fourth-order valence-electron chi connectivity index (χ4n) is 3.70. The lowest BCUT2D eigenvalue weighted by Crippen LogP contribution is -2.28. The first-order valence-electron chi connectivity index (χ1n) is 7.82. The number of aryl methyl sites for hydroxylation is 1. The van der Waals surface area contributed by atoms with E-state index >= 15 is 0 Å². The minimum Gasteiger partial charge on any atom is -0.385 e. The lowest BCUT2D eigenvalue weighted by Gasteiger charge is -2.23. The second-order valence-electron chi connectivity index (χ2n) is 5.99. The van der Waals surface area contributed by atoms with E-state index in [4.69, 9.17) is 4.74 Å². The molecule has 3 rings (SSSR count). The van der Waals surface area contributed by atoms with Gasteiger partial charge in [0.05, 0.1) is 11.7 Å². The van der Waals surface area contributed by atoms with Crippen molar-refractivity contribution in [3.8, 4) is 0 Å². The molecule has 0 radical (unpaired) electrons. The highest BCUT2D eigenvalue weighted by Crippen LogP contribution is 2.37. The molecule has 0 aromatic carbocycles. The number of nitrogens with one attached hydrogen (secondary N) is 1. The normalized spacial score (nSPS) is 26.1. The maximum atomic E-state index is 5.10. The first-order valence-corrected chi connectivity index (χ1v) is 7.82. The van der Waals surface area contributed by atoms with Crippen LogP contribution in [-0.4, -0.2) is 53.8 Å². The van der Waals surface area contributed by atoms with Crippen LogP contribution < -0.4 is 5.32 Å². The van der Waals surface area contributed by atoms with E-state index in [9.17, 15) is 0 Å². The summed E-state index contributed by atoms with van der Waals surface area (Å²) in [6.07, 6.45) is 7.18. The second-order valence-corrected chi connectivity index (χ2v) is 5.99. The molecule has 5 heteroatoms. The van der Waals surface area contributed by atoms with Crippen molar-refractivity contribution in [1.82, 2.24) is 14.5 Å². The monoisotopic (exact) mass is 278 g/mol. The topological polar surface area (TPSA) is 42.3 Å². The lowest BCUT2D eigenvalue weighted by atomic mass is 10.1. The maximum absolute atomic E-state index is 5.10. The summed E-state index contributed by atoms with van der Waals surface area (Å²) in [4.78, 5) is 7.31. The number of rotatable bonds is 6. The van der Waals surface area contributed by atoms with Gasteiger partial charge in [-0.2, -0.15) is 0 Å². The van der Waals surface area contributed by atoms with Gasteiger partial charge in [0, 0.05) is 39.0 Å². The number of hydrogen-bond donors (Lipinski definition) is 1. The Morgan fingerprint density at radius 2 is 2.25 bits per heavy atom. The Kier molecular flexibility index (Phi) is 4.27. The predicted octanol–water partition coefficient (Wildman–Crippen LogP) is 2.05. The van der Waals surface area contributed by atoms with Crippen LogP contribution in [0.25, 0.3) is 0 Å². The van der Waals surface area contributed by atoms with E-state index in [0.717, 1.165) is 37.3 Å². The van der Waals surface area contributed by atoms with Crippen molar-refractivity contribution in [1.29, 1.82) is 0 Å². The van der Waals surface area contributed by atoms with Gasteiger partial charge in [0.2, 0.25) is 5.95 Å². The van der Waals surface area contributed by atoms with E-state index in [1.54, 1.807) is 7.11 Å². The third-order valence-electron chi connectivity index (χ3n) is 4.59. The SMILES string of the molecule is COCCCNc1nc(C)cn1C1CCN2CCCC12. The highest BCUT2D eigenvalue weighted by molar-refractivity contribution is 5.30. The summed E-state index contributed by atoms with van der Waals surface area (Å²) >= 11 is 0. The molecule has 2 fully saturated rings. The number of fused-ring (bicyclic) bond motifs is 1. The lowest BCUT2D eigenvalue weighted by molar-refractivity contribution is 0.197. The Labute approximate surface area is 121 Å². The van der Waals surface area contributed by atoms with E-state index in [1.807, 2.05) is 0 Å². The molecule has 5 nitrogen and oxygen atoms in total. The standard InChI is InChI=1S/C15H26N4O/c1-12-11-19(15(17-12)16-7-4-10-20-2)14-6-9-18-8-3-5-13(14)18/h11,13-14H,3-10H2,1-2H3,(H,16,17). The van der Waals surface area contributed by atoms with Crippen LogP contribution in [0.2, 0.25) is 0 Å². The van der Waals surface area contributed by atoms with Crippen LogP contribution in [0, 0.1) is 6.92 Å². The number of nitrogens with zero attached hydrogens (tertiary/aromatic N) is 3. The van der Waals surface area contributed by atoms with E-state index in [-0.39, 0.29) is 0 Å². The molecule has 2 unspecified atom stereocenters. The molecular formula is C15H26N4O. The van der Waals surface area contributed by atoms with Gasteiger partial charge < -0.3 is 14.6 Å². The molecule has 2 saturated heterocycles. The minimum atomic E-state index is 0.601. The number of hydrogen-bond acceptors (Lipinski definition) is 4. The molecule has 2 atom stereocenters. The fraction of sp³-hybridized carbons (Fsp3) is 0.800. The number of methoxy groups -OCH3 is 1. The van der Waals surface area contributed by atoms with Crippen LogP contribution in [0.4, 0.5) is 5.95 Å². The number of anilines is 1. The van der Waals surface area contributed by atoms with Gasteiger partial charge in [-0.15, -0.1) is 0 Å². The first-order chi connectivity index (χ1) is 9.79. The fourth-order valence-corrected chi connectivity index (χ4v) is 3.70. The smallest absolute Gasteiger partial charge is 0.203 e. The summed E-state index contributed by atoms with van der Waals surface area (Å²) < 4.78 is 7.48. The van der Waals surface area contributed by atoms with Crippen LogP contribution in [-0.2, 0) is 4.74 Å². The zero-order valence-corrected chi connectivity index (χ0v) is 12.6. The zero-order valence-electron chi connectivity index (χ0n) is 12.6. The first kappa shape index (κ1) is 13.9. The summed E-state index contributed by atoms with van der Waals surface area (Å²) in [6, 6.07) is 1.33. The third-order valence-corrected chi connectivity index (χ3v) is 4.59. The highest BCUT2D eigenvalue weighted by atomic mass is 16.5. The van der Waals surface area contributed by atoms with Gasteiger partial charge in [-0.1, -0.05) is 0 Å². The molecule has 0 saturated carbocycles. The molecule has 112 valence electrons. The molecule has 3 heterocycles. The van der Waals surface area contributed by atoms with Crippen LogP contribution >= 0.6 is 0 Å². The molecule has 1 aromatic rings.